The van der Waals surface area contributed by atoms with Crippen molar-refractivity contribution < 1.29 is 14.4 Å². The fraction of sp³-hybridized carbons (Fsp3) is 0.312. The van der Waals surface area contributed by atoms with Crippen molar-refractivity contribution in [3.63, 3.8) is 0 Å². The van der Waals surface area contributed by atoms with Crippen LogP contribution in [0.1, 0.15) is 18.9 Å². The van der Waals surface area contributed by atoms with Gasteiger partial charge in [0.15, 0.2) is 5.78 Å². The summed E-state index contributed by atoms with van der Waals surface area (Å²) in [5.41, 5.74) is 2.62. The van der Waals surface area contributed by atoms with Crippen molar-refractivity contribution in [1.82, 2.24) is 5.32 Å². The lowest BCUT2D eigenvalue weighted by molar-refractivity contribution is -0.117. The van der Waals surface area contributed by atoms with Crippen LogP contribution in [-0.2, 0) is 20.8 Å². The lowest BCUT2D eigenvalue weighted by Gasteiger charge is -2.28. The van der Waals surface area contributed by atoms with Gasteiger partial charge >= 0.3 is 0 Å². The monoisotopic (exact) mass is 285 g/mol. The molecule has 1 radical (unpaired) electrons. The molecule has 2 rings (SSSR count). The molecule has 5 nitrogen and oxygen atoms in total. The third-order valence-electron chi connectivity index (χ3n) is 3.45. The van der Waals surface area contributed by atoms with E-state index in [2.05, 4.69) is 10.6 Å². The van der Waals surface area contributed by atoms with E-state index in [9.17, 15) is 14.4 Å². The largest absolute Gasteiger partial charge is 0.378 e. The summed E-state index contributed by atoms with van der Waals surface area (Å²) < 4.78 is 0. The number of nitrogens with one attached hydrogen (secondary N) is 2. The van der Waals surface area contributed by atoms with Crippen molar-refractivity contribution >= 4 is 23.7 Å². The quantitative estimate of drug-likeness (QED) is 0.796. The molecule has 1 atom stereocenters. The smallest absolute Gasteiger partial charge is 0.244 e. The first-order chi connectivity index (χ1) is 10.1. The first-order valence-corrected chi connectivity index (χ1v) is 6.81. The van der Waals surface area contributed by atoms with Gasteiger partial charge in [-0.05, 0) is 31.4 Å². The number of anilines is 1. The molecule has 21 heavy (non-hydrogen) atoms. The Bertz CT molecular complexity index is 593. The van der Waals surface area contributed by atoms with Crippen LogP contribution in [0.5, 0.6) is 0 Å². The highest BCUT2D eigenvalue weighted by atomic mass is 16.2. The minimum Gasteiger partial charge on any atom is -0.378 e. The van der Waals surface area contributed by atoms with Crippen LogP contribution in [-0.4, -0.2) is 30.6 Å². The number of para-hydroxylation sites is 1. The van der Waals surface area contributed by atoms with Gasteiger partial charge in [0.25, 0.3) is 0 Å². The van der Waals surface area contributed by atoms with Gasteiger partial charge in [0.1, 0.15) is 0 Å². The van der Waals surface area contributed by atoms with E-state index in [0.29, 0.717) is 5.57 Å². The SMILES string of the molecule is CC(=O)C(=CC(=O)NC[C]=O)C1CCc2ccccc2N1. The molecule has 5 heteroatoms. The average Bonchev–Trinajstić information content (AvgIpc) is 2.49. The molecule has 2 N–H and O–H groups in total. The molecule has 109 valence electrons. The Morgan fingerprint density at radius 2 is 2.19 bits per heavy atom. The van der Waals surface area contributed by atoms with Crippen LogP contribution in [0.3, 0.4) is 0 Å². The molecule has 1 amide bonds. The lowest BCUT2D eigenvalue weighted by atomic mass is 9.91. The molecule has 1 aliphatic rings. The number of hydrogen-bond donors (Lipinski definition) is 2. The number of Topliss-reactive ketones (excluding diaryl/α,β-unsaturated/α-hetero) is 1. The van der Waals surface area contributed by atoms with Crippen LogP contribution in [0, 0.1) is 0 Å². The molecule has 1 aliphatic heterocycles. The fourth-order valence-corrected chi connectivity index (χ4v) is 2.44. The Morgan fingerprint density at radius 1 is 1.43 bits per heavy atom. The number of hydrogen-bond acceptors (Lipinski definition) is 4. The first-order valence-electron chi connectivity index (χ1n) is 6.81. The first kappa shape index (κ1) is 15.0. The molecular weight excluding hydrogens is 268 g/mol. The van der Waals surface area contributed by atoms with Crippen molar-refractivity contribution in [3.8, 4) is 0 Å². The Hall–Kier alpha value is -2.43. The summed E-state index contributed by atoms with van der Waals surface area (Å²) in [6.45, 7) is 1.26. The van der Waals surface area contributed by atoms with Gasteiger partial charge in [-0.2, -0.15) is 0 Å². The predicted octanol–water partition coefficient (Wildman–Crippen LogP) is 1.15. The van der Waals surface area contributed by atoms with Crippen molar-refractivity contribution in [3.05, 3.63) is 41.5 Å². The van der Waals surface area contributed by atoms with Gasteiger partial charge in [0, 0.05) is 17.3 Å². The van der Waals surface area contributed by atoms with Crippen LogP contribution in [0.4, 0.5) is 5.69 Å². The Balaban J connectivity index is 2.17. The van der Waals surface area contributed by atoms with E-state index in [4.69, 9.17) is 0 Å². The standard InChI is InChI=1S/C16H17N2O3/c1-11(20)13(10-16(21)17-8-9-19)15-7-6-12-4-2-3-5-14(12)18-15/h2-5,10,15,18H,6-8H2,1H3,(H,17,21). The van der Waals surface area contributed by atoms with E-state index in [-0.39, 0.29) is 18.4 Å². The van der Waals surface area contributed by atoms with E-state index in [0.717, 1.165) is 18.5 Å². The average molecular weight is 285 g/mol. The Labute approximate surface area is 123 Å². The minimum absolute atomic E-state index is 0.155. The highest BCUT2D eigenvalue weighted by Gasteiger charge is 2.23. The summed E-state index contributed by atoms with van der Waals surface area (Å²) in [7, 11) is 0. The maximum Gasteiger partial charge on any atom is 0.244 e. The summed E-state index contributed by atoms with van der Waals surface area (Å²) in [5.74, 6) is -0.610. The predicted molar refractivity (Wildman–Crippen MR) is 79.6 cm³/mol. The lowest BCUT2D eigenvalue weighted by Crippen LogP contribution is -2.32. The van der Waals surface area contributed by atoms with Crippen molar-refractivity contribution in [2.45, 2.75) is 25.8 Å². The van der Waals surface area contributed by atoms with Gasteiger partial charge < -0.3 is 10.6 Å². The summed E-state index contributed by atoms with van der Waals surface area (Å²) in [6.07, 6.45) is 4.45. The van der Waals surface area contributed by atoms with Gasteiger partial charge in [-0.1, -0.05) is 18.2 Å². The van der Waals surface area contributed by atoms with Gasteiger partial charge in [0.2, 0.25) is 12.2 Å². The number of carbonyl (C=O) groups excluding carboxylic acids is 3. The molecule has 0 aromatic heterocycles. The topological polar surface area (TPSA) is 75.3 Å². The third-order valence-corrected chi connectivity index (χ3v) is 3.45. The zero-order valence-corrected chi connectivity index (χ0v) is 11.8. The molecule has 0 saturated carbocycles. The molecule has 0 aliphatic carbocycles. The summed E-state index contributed by atoms with van der Waals surface area (Å²) >= 11 is 0. The number of fused-ring (bicyclic) bond motifs is 1. The van der Waals surface area contributed by atoms with Gasteiger partial charge in [-0.25, -0.2) is 0 Å². The summed E-state index contributed by atoms with van der Waals surface area (Å²) in [6, 6.07) is 7.72. The van der Waals surface area contributed by atoms with Crippen molar-refractivity contribution in [1.29, 1.82) is 0 Å². The second-order valence-electron chi connectivity index (χ2n) is 4.91. The zero-order chi connectivity index (χ0) is 15.2. The third kappa shape index (κ3) is 3.78. The number of rotatable bonds is 5. The van der Waals surface area contributed by atoms with E-state index in [1.807, 2.05) is 24.3 Å². The number of carbonyl (C=O) groups is 2. The van der Waals surface area contributed by atoms with Crippen LogP contribution in [0.15, 0.2) is 35.9 Å². The van der Waals surface area contributed by atoms with Crippen molar-refractivity contribution in [2.75, 3.05) is 11.9 Å². The van der Waals surface area contributed by atoms with E-state index in [1.54, 1.807) is 6.29 Å². The van der Waals surface area contributed by atoms with Crippen LogP contribution >= 0.6 is 0 Å². The number of ketones is 1. The molecule has 0 spiro atoms. The van der Waals surface area contributed by atoms with Gasteiger partial charge in [-0.15, -0.1) is 0 Å². The Kier molecular flexibility index (Phi) is 4.87. The van der Waals surface area contributed by atoms with Gasteiger partial charge in [0.05, 0.1) is 12.6 Å². The van der Waals surface area contributed by atoms with Crippen LogP contribution in [0.2, 0.25) is 0 Å². The molecule has 1 aromatic rings. The summed E-state index contributed by atoms with van der Waals surface area (Å²) in [4.78, 5) is 33.6. The second-order valence-corrected chi connectivity index (χ2v) is 4.91. The number of amides is 1. The van der Waals surface area contributed by atoms with E-state index >= 15 is 0 Å². The second kappa shape index (κ2) is 6.83. The highest BCUT2D eigenvalue weighted by Crippen LogP contribution is 2.27. The maximum atomic E-state index is 11.8. The maximum absolute atomic E-state index is 11.8. The molecule has 1 heterocycles. The highest BCUT2D eigenvalue weighted by molar-refractivity contribution is 6.02. The normalized spacial score (nSPS) is 17.4. The number of aryl methyl sites for hydroxylation is 1. The molecule has 0 saturated heterocycles. The Morgan fingerprint density at radius 3 is 2.90 bits per heavy atom. The molecule has 1 unspecified atom stereocenters. The van der Waals surface area contributed by atoms with Crippen molar-refractivity contribution in [2.24, 2.45) is 0 Å². The van der Waals surface area contributed by atoms with Crippen LogP contribution < -0.4 is 10.6 Å². The van der Waals surface area contributed by atoms with E-state index < -0.39 is 5.91 Å². The molecule has 1 aromatic carbocycles. The van der Waals surface area contributed by atoms with Gasteiger partial charge in [-0.3, -0.25) is 14.4 Å². The molecular formula is C16H17N2O3. The fourth-order valence-electron chi connectivity index (χ4n) is 2.44. The number of benzene rings is 1. The van der Waals surface area contributed by atoms with Crippen LogP contribution in [0.25, 0.3) is 0 Å². The van der Waals surface area contributed by atoms with E-state index in [1.165, 1.54) is 18.6 Å². The zero-order valence-electron chi connectivity index (χ0n) is 11.8. The summed E-state index contributed by atoms with van der Waals surface area (Å²) in [5, 5.41) is 5.65. The minimum atomic E-state index is -0.454. The molecule has 0 bridgehead atoms. The molecule has 0 fully saturated rings.